The van der Waals surface area contributed by atoms with E-state index in [4.69, 9.17) is 0 Å². The van der Waals surface area contributed by atoms with Crippen LogP contribution in [0.5, 0.6) is 0 Å². The van der Waals surface area contributed by atoms with Crippen molar-refractivity contribution < 1.29 is 14.0 Å². The molecule has 1 aromatic heterocycles. The topological polar surface area (TPSA) is 54.3 Å². The second-order valence-electron chi connectivity index (χ2n) is 6.61. The third-order valence-electron chi connectivity index (χ3n) is 4.76. The molecule has 0 bridgehead atoms. The molecule has 28 heavy (non-hydrogen) atoms. The molecule has 3 aromatic rings. The number of amides is 2. The molecule has 4 rings (SSSR count). The van der Waals surface area contributed by atoms with Gasteiger partial charge in [-0.05, 0) is 68.0 Å². The minimum absolute atomic E-state index is 0.0724. The van der Waals surface area contributed by atoms with Crippen molar-refractivity contribution in [3.05, 3.63) is 89.0 Å². The van der Waals surface area contributed by atoms with Crippen molar-refractivity contribution in [2.75, 3.05) is 5.01 Å². The number of hydrogen-bond donors (Lipinski definition) is 1. The quantitative estimate of drug-likeness (QED) is 0.561. The van der Waals surface area contributed by atoms with Gasteiger partial charge in [-0.15, -0.1) is 0 Å². The van der Waals surface area contributed by atoms with Crippen molar-refractivity contribution in [2.45, 2.75) is 13.8 Å². The zero-order valence-corrected chi connectivity index (χ0v) is 15.4. The summed E-state index contributed by atoms with van der Waals surface area (Å²) in [5.74, 6) is -1.15. The highest BCUT2D eigenvalue weighted by Gasteiger charge is 2.34. The summed E-state index contributed by atoms with van der Waals surface area (Å²) < 4.78 is 15.2. The van der Waals surface area contributed by atoms with Gasteiger partial charge in [-0.1, -0.05) is 18.2 Å². The molecule has 1 N–H and O–H groups in total. The maximum atomic E-state index is 13.2. The lowest BCUT2D eigenvalue weighted by molar-refractivity contribution is -0.117. The molecule has 0 atom stereocenters. The first-order valence-corrected chi connectivity index (χ1v) is 8.83. The van der Waals surface area contributed by atoms with Crippen molar-refractivity contribution in [2.24, 2.45) is 0 Å². The van der Waals surface area contributed by atoms with Crippen molar-refractivity contribution in [1.29, 1.82) is 0 Å². The van der Waals surface area contributed by atoms with Gasteiger partial charge < -0.3 is 4.57 Å². The van der Waals surface area contributed by atoms with Crippen LogP contribution in [0.1, 0.15) is 17.0 Å². The largest absolute Gasteiger partial charge is 0.318 e. The molecule has 1 aliphatic heterocycles. The molecule has 5 nitrogen and oxygen atoms in total. The van der Waals surface area contributed by atoms with E-state index in [1.807, 2.05) is 30.5 Å². The van der Waals surface area contributed by atoms with Crippen LogP contribution in [-0.4, -0.2) is 16.4 Å². The van der Waals surface area contributed by atoms with Gasteiger partial charge in [0.25, 0.3) is 11.8 Å². The molecular formula is C22H18FN3O2. The van der Waals surface area contributed by atoms with Crippen molar-refractivity contribution in [3.8, 4) is 5.69 Å². The molecule has 0 aliphatic carbocycles. The molecule has 2 heterocycles. The van der Waals surface area contributed by atoms with Crippen molar-refractivity contribution in [1.82, 2.24) is 9.99 Å². The number of carbonyl (C=O) groups excluding carboxylic acids is 2. The average molecular weight is 375 g/mol. The smallest absolute Gasteiger partial charge is 0.282 e. The highest BCUT2D eigenvalue weighted by atomic mass is 19.1. The molecule has 1 fully saturated rings. The standard InChI is InChI=1S/C22H18FN3O2/c1-14-12-16(15(2)25(14)18-10-8-17(23)9-11-18)13-20-21(27)24-26(22(20)28)19-6-4-3-5-7-19/h3-13H,1-2H3,(H,24,27)/b20-13+. The summed E-state index contributed by atoms with van der Waals surface area (Å²) >= 11 is 0. The lowest BCUT2D eigenvalue weighted by Crippen LogP contribution is -2.35. The van der Waals surface area contributed by atoms with Gasteiger partial charge in [0.05, 0.1) is 5.69 Å². The van der Waals surface area contributed by atoms with Crippen LogP contribution >= 0.6 is 0 Å². The second-order valence-corrected chi connectivity index (χ2v) is 6.61. The lowest BCUT2D eigenvalue weighted by atomic mass is 10.1. The fraction of sp³-hybridized carbons (Fsp3) is 0.0909. The predicted molar refractivity (Wildman–Crippen MR) is 105 cm³/mol. The van der Waals surface area contributed by atoms with Crippen LogP contribution in [-0.2, 0) is 9.59 Å². The number of benzene rings is 2. The number of hydrogen-bond acceptors (Lipinski definition) is 2. The predicted octanol–water partition coefficient (Wildman–Crippen LogP) is 3.69. The third-order valence-corrected chi connectivity index (χ3v) is 4.76. The number of anilines is 1. The van der Waals surface area contributed by atoms with Crippen LogP contribution in [0.4, 0.5) is 10.1 Å². The number of aromatic nitrogens is 1. The second kappa shape index (κ2) is 6.81. The van der Waals surface area contributed by atoms with Crippen molar-refractivity contribution in [3.63, 3.8) is 0 Å². The zero-order valence-electron chi connectivity index (χ0n) is 15.4. The number of para-hydroxylation sites is 1. The van der Waals surface area contributed by atoms with Gasteiger partial charge in [-0.3, -0.25) is 15.0 Å². The Kier molecular flexibility index (Phi) is 4.31. The summed E-state index contributed by atoms with van der Waals surface area (Å²) in [6, 6.07) is 17.0. The summed E-state index contributed by atoms with van der Waals surface area (Å²) in [5.41, 5.74) is 6.62. The highest BCUT2D eigenvalue weighted by molar-refractivity contribution is 6.31. The summed E-state index contributed by atoms with van der Waals surface area (Å²) in [6.45, 7) is 3.82. The van der Waals surface area contributed by atoms with E-state index in [9.17, 15) is 14.0 Å². The maximum Gasteiger partial charge on any atom is 0.282 e. The molecule has 1 aliphatic rings. The van der Waals surface area contributed by atoms with Gasteiger partial charge in [0.1, 0.15) is 11.4 Å². The number of hydrazine groups is 1. The monoisotopic (exact) mass is 375 g/mol. The van der Waals surface area contributed by atoms with Gasteiger partial charge in [0.2, 0.25) is 0 Å². The number of rotatable bonds is 3. The van der Waals surface area contributed by atoms with Gasteiger partial charge in [-0.25, -0.2) is 9.40 Å². The SMILES string of the molecule is Cc1cc(/C=C2\C(=O)NN(c3ccccc3)C2=O)c(C)n1-c1ccc(F)cc1. The van der Waals surface area contributed by atoms with Crippen molar-refractivity contribution >= 4 is 23.6 Å². The number of halogens is 1. The first kappa shape index (κ1) is 17.7. The van der Waals surface area contributed by atoms with E-state index < -0.39 is 11.8 Å². The third kappa shape index (κ3) is 2.99. The van der Waals surface area contributed by atoms with E-state index in [1.165, 1.54) is 17.1 Å². The van der Waals surface area contributed by atoms with Crippen LogP contribution in [0.25, 0.3) is 11.8 Å². The summed E-state index contributed by atoms with van der Waals surface area (Å²) in [5, 5.41) is 1.24. The average Bonchev–Trinajstić information content (AvgIpc) is 3.13. The Morgan fingerprint density at radius 2 is 1.61 bits per heavy atom. The Balaban J connectivity index is 1.71. The minimum Gasteiger partial charge on any atom is -0.318 e. The molecule has 1 saturated heterocycles. The van der Waals surface area contributed by atoms with Crippen LogP contribution < -0.4 is 10.4 Å². The van der Waals surface area contributed by atoms with Gasteiger partial charge >= 0.3 is 0 Å². The first-order chi connectivity index (χ1) is 13.5. The van der Waals surface area contributed by atoms with Gasteiger partial charge in [-0.2, -0.15) is 0 Å². The molecule has 2 aromatic carbocycles. The van der Waals surface area contributed by atoms with E-state index in [-0.39, 0.29) is 11.4 Å². The molecule has 0 unspecified atom stereocenters. The van der Waals surface area contributed by atoms with E-state index in [2.05, 4.69) is 5.43 Å². The van der Waals surface area contributed by atoms with E-state index in [0.717, 1.165) is 22.6 Å². The first-order valence-electron chi connectivity index (χ1n) is 8.83. The minimum atomic E-state index is -0.444. The Labute approximate surface area is 161 Å². The zero-order chi connectivity index (χ0) is 19.8. The Hall–Kier alpha value is -3.67. The maximum absolute atomic E-state index is 13.2. The molecular weight excluding hydrogens is 357 g/mol. The summed E-state index contributed by atoms with van der Waals surface area (Å²) in [4.78, 5) is 25.1. The number of nitrogens with one attached hydrogen (secondary N) is 1. The number of carbonyl (C=O) groups is 2. The Bertz CT molecular complexity index is 1100. The molecule has 6 heteroatoms. The fourth-order valence-electron chi connectivity index (χ4n) is 3.39. The van der Waals surface area contributed by atoms with Gasteiger partial charge in [0, 0.05) is 17.1 Å². The van der Waals surface area contributed by atoms with Crippen LogP contribution in [0.3, 0.4) is 0 Å². The van der Waals surface area contributed by atoms with Crippen LogP contribution in [0.15, 0.2) is 66.2 Å². The molecule has 140 valence electrons. The van der Waals surface area contributed by atoms with E-state index in [0.29, 0.717) is 5.69 Å². The fourth-order valence-corrected chi connectivity index (χ4v) is 3.39. The molecule has 0 spiro atoms. The normalized spacial score (nSPS) is 15.4. The van der Waals surface area contributed by atoms with Crippen LogP contribution in [0.2, 0.25) is 0 Å². The Morgan fingerprint density at radius 3 is 2.29 bits per heavy atom. The Morgan fingerprint density at radius 1 is 0.929 bits per heavy atom. The van der Waals surface area contributed by atoms with Crippen LogP contribution in [0, 0.1) is 19.7 Å². The highest BCUT2D eigenvalue weighted by Crippen LogP contribution is 2.26. The summed E-state index contributed by atoms with van der Waals surface area (Å²) in [7, 11) is 0. The van der Waals surface area contributed by atoms with E-state index in [1.54, 1.807) is 42.5 Å². The van der Waals surface area contributed by atoms with E-state index >= 15 is 0 Å². The number of nitrogens with zero attached hydrogens (tertiary/aromatic N) is 2. The summed E-state index contributed by atoms with van der Waals surface area (Å²) in [6.07, 6.45) is 1.60. The van der Waals surface area contributed by atoms with Gasteiger partial charge in [0.15, 0.2) is 0 Å². The number of aryl methyl sites for hydroxylation is 1. The molecule has 2 amide bonds. The lowest BCUT2D eigenvalue weighted by Gasteiger charge is -2.13. The molecule has 0 radical (unpaired) electrons. The molecule has 0 saturated carbocycles.